The van der Waals surface area contributed by atoms with Crippen LogP contribution in [0.3, 0.4) is 0 Å². The number of hydrogen-bond acceptors (Lipinski definition) is 5. The van der Waals surface area contributed by atoms with Crippen LogP contribution in [0.4, 0.5) is 5.69 Å². The molecule has 1 aromatic carbocycles. The first-order valence-corrected chi connectivity index (χ1v) is 7.84. The van der Waals surface area contributed by atoms with E-state index in [1.54, 1.807) is 13.1 Å². The Hall–Kier alpha value is -2.01. The summed E-state index contributed by atoms with van der Waals surface area (Å²) in [5.41, 5.74) is 13.7. The number of rotatable bonds is 6. The lowest BCUT2D eigenvalue weighted by atomic mass is 10.1. The highest BCUT2D eigenvalue weighted by Crippen LogP contribution is 2.23. The fraction of sp³-hybridized carbons (Fsp3) is 0.471. The number of nitrogens with two attached hydrogens (primary N) is 2. The number of hydrogen-bond donors (Lipinski definition) is 2. The number of aliphatic imine (C=N–C) groups is 1. The first kappa shape index (κ1) is 16.4. The molecule has 1 aliphatic rings. The molecule has 0 atom stereocenters. The molecule has 22 heavy (non-hydrogen) atoms. The van der Waals surface area contributed by atoms with Crippen LogP contribution in [0.15, 0.2) is 35.5 Å². The number of ether oxygens (including phenoxy) is 1. The molecule has 0 bridgehead atoms. The van der Waals surface area contributed by atoms with Gasteiger partial charge in [-0.3, -0.25) is 9.89 Å². The average Bonchev–Trinajstić information content (AvgIpc) is 2.55. The lowest BCUT2D eigenvalue weighted by Gasteiger charge is -2.26. The van der Waals surface area contributed by atoms with E-state index in [4.69, 9.17) is 16.2 Å². The Bertz CT molecular complexity index is 533. The van der Waals surface area contributed by atoms with Gasteiger partial charge in [0, 0.05) is 24.8 Å². The van der Waals surface area contributed by atoms with E-state index in [1.165, 1.54) is 38.6 Å². The van der Waals surface area contributed by atoms with Gasteiger partial charge < -0.3 is 16.2 Å². The summed E-state index contributed by atoms with van der Waals surface area (Å²) in [7, 11) is 1.73. The van der Waals surface area contributed by atoms with Gasteiger partial charge >= 0.3 is 0 Å². The molecule has 0 radical (unpaired) electrons. The summed E-state index contributed by atoms with van der Waals surface area (Å²) in [5, 5.41) is 0. The highest BCUT2D eigenvalue weighted by atomic mass is 16.5. The summed E-state index contributed by atoms with van der Waals surface area (Å²) in [6, 6.07) is 5.62. The fourth-order valence-electron chi connectivity index (χ4n) is 2.72. The Labute approximate surface area is 132 Å². The van der Waals surface area contributed by atoms with Crippen molar-refractivity contribution in [1.82, 2.24) is 4.90 Å². The van der Waals surface area contributed by atoms with E-state index in [9.17, 15) is 0 Å². The SMILES string of the molecule is CN=C(C=CN)c1cc(N)ccc1OCCN1CCCCC1. The van der Waals surface area contributed by atoms with Crippen LogP contribution in [0, 0.1) is 0 Å². The molecule has 0 spiro atoms. The second-order valence-corrected chi connectivity index (χ2v) is 5.47. The maximum atomic E-state index is 5.97. The lowest BCUT2D eigenvalue weighted by Crippen LogP contribution is -2.33. The second kappa shape index (κ2) is 8.44. The van der Waals surface area contributed by atoms with Crippen molar-refractivity contribution in [3.8, 4) is 5.75 Å². The molecule has 0 saturated carbocycles. The van der Waals surface area contributed by atoms with E-state index in [-0.39, 0.29) is 0 Å². The molecule has 1 fully saturated rings. The maximum absolute atomic E-state index is 5.97. The highest BCUT2D eigenvalue weighted by molar-refractivity contribution is 6.10. The fourth-order valence-corrected chi connectivity index (χ4v) is 2.72. The van der Waals surface area contributed by atoms with Crippen molar-refractivity contribution in [3.63, 3.8) is 0 Å². The number of piperidine rings is 1. The third-order valence-electron chi connectivity index (χ3n) is 3.89. The average molecular weight is 302 g/mol. The van der Waals surface area contributed by atoms with Crippen LogP contribution >= 0.6 is 0 Å². The van der Waals surface area contributed by atoms with Crippen LogP contribution in [0.2, 0.25) is 0 Å². The number of benzene rings is 1. The summed E-state index contributed by atoms with van der Waals surface area (Å²) in [6.07, 6.45) is 7.17. The topological polar surface area (TPSA) is 76.9 Å². The summed E-state index contributed by atoms with van der Waals surface area (Å²) >= 11 is 0. The van der Waals surface area contributed by atoms with Gasteiger partial charge in [0.25, 0.3) is 0 Å². The van der Waals surface area contributed by atoms with Crippen molar-refractivity contribution >= 4 is 11.4 Å². The minimum atomic E-state index is 0.667. The monoisotopic (exact) mass is 302 g/mol. The molecule has 2 rings (SSSR count). The first-order valence-electron chi connectivity index (χ1n) is 7.84. The van der Waals surface area contributed by atoms with Gasteiger partial charge in [-0.1, -0.05) is 6.42 Å². The predicted octanol–water partition coefficient (Wildman–Crippen LogP) is 2.02. The molecule has 0 amide bonds. The van der Waals surface area contributed by atoms with Crippen molar-refractivity contribution in [2.24, 2.45) is 10.7 Å². The number of allylic oxidation sites excluding steroid dienone is 1. The van der Waals surface area contributed by atoms with Crippen molar-refractivity contribution in [2.45, 2.75) is 19.3 Å². The third-order valence-corrected chi connectivity index (χ3v) is 3.89. The zero-order valence-electron chi connectivity index (χ0n) is 13.3. The summed E-state index contributed by atoms with van der Waals surface area (Å²) in [6.45, 7) is 3.97. The van der Waals surface area contributed by atoms with Gasteiger partial charge in [-0.25, -0.2) is 0 Å². The van der Waals surface area contributed by atoms with Crippen molar-refractivity contribution in [1.29, 1.82) is 0 Å². The number of likely N-dealkylation sites (tertiary alicyclic amines) is 1. The molecular weight excluding hydrogens is 276 g/mol. The van der Waals surface area contributed by atoms with Gasteiger partial charge in [0.15, 0.2) is 0 Å². The molecule has 1 saturated heterocycles. The van der Waals surface area contributed by atoms with Gasteiger partial charge in [0.2, 0.25) is 0 Å². The summed E-state index contributed by atoms with van der Waals surface area (Å²) in [5.74, 6) is 0.796. The Balaban J connectivity index is 2.03. The van der Waals surface area contributed by atoms with Gasteiger partial charge in [-0.05, 0) is 56.4 Å². The third kappa shape index (κ3) is 4.49. The van der Waals surface area contributed by atoms with Crippen LogP contribution in [0.25, 0.3) is 0 Å². The molecule has 1 aliphatic heterocycles. The minimum absolute atomic E-state index is 0.667. The van der Waals surface area contributed by atoms with Crippen molar-refractivity contribution in [3.05, 3.63) is 36.0 Å². The van der Waals surface area contributed by atoms with Gasteiger partial charge in [0.05, 0.1) is 5.71 Å². The first-order chi connectivity index (χ1) is 10.7. The quantitative estimate of drug-likeness (QED) is 0.622. The van der Waals surface area contributed by atoms with Crippen molar-refractivity contribution < 1.29 is 4.74 Å². The zero-order chi connectivity index (χ0) is 15.8. The number of nitrogens with zero attached hydrogens (tertiary/aromatic N) is 2. The predicted molar refractivity (Wildman–Crippen MR) is 92.4 cm³/mol. The molecule has 0 unspecified atom stereocenters. The Morgan fingerprint density at radius 2 is 2.09 bits per heavy atom. The number of anilines is 1. The standard InChI is InChI=1S/C17H26N4O/c1-20-16(7-8-18)15-13-14(19)5-6-17(15)22-12-11-21-9-3-2-4-10-21/h5-8,13H,2-4,9-12,18-19H2,1H3. The summed E-state index contributed by atoms with van der Waals surface area (Å²) < 4.78 is 5.97. The van der Waals surface area contributed by atoms with Crippen LogP contribution < -0.4 is 16.2 Å². The maximum Gasteiger partial charge on any atom is 0.128 e. The summed E-state index contributed by atoms with van der Waals surface area (Å²) in [4.78, 5) is 6.71. The Kier molecular flexibility index (Phi) is 6.27. The molecular formula is C17H26N4O. The van der Waals surface area contributed by atoms with E-state index >= 15 is 0 Å². The van der Waals surface area contributed by atoms with Crippen LogP contribution in [0.1, 0.15) is 24.8 Å². The van der Waals surface area contributed by atoms with Gasteiger partial charge in [-0.15, -0.1) is 0 Å². The van der Waals surface area contributed by atoms with Crippen LogP contribution in [0.5, 0.6) is 5.75 Å². The van der Waals surface area contributed by atoms with E-state index < -0.39 is 0 Å². The van der Waals surface area contributed by atoms with Crippen LogP contribution in [-0.4, -0.2) is 43.9 Å². The van der Waals surface area contributed by atoms with Crippen LogP contribution in [-0.2, 0) is 0 Å². The van der Waals surface area contributed by atoms with Gasteiger partial charge in [-0.2, -0.15) is 0 Å². The molecule has 5 nitrogen and oxygen atoms in total. The smallest absolute Gasteiger partial charge is 0.128 e. The second-order valence-electron chi connectivity index (χ2n) is 5.47. The molecule has 1 aromatic rings. The molecule has 1 heterocycles. The van der Waals surface area contributed by atoms with E-state index in [0.29, 0.717) is 12.3 Å². The zero-order valence-corrected chi connectivity index (χ0v) is 13.3. The van der Waals surface area contributed by atoms with Gasteiger partial charge in [0.1, 0.15) is 12.4 Å². The molecule has 120 valence electrons. The molecule has 5 heteroatoms. The molecule has 0 aliphatic carbocycles. The molecule has 0 aromatic heterocycles. The normalized spacial score (nSPS) is 17.0. The Morgan fingerprint density at radius 3 is 2.77 bits per heavy atom. The Morgan fingerprint density at radius 1 is 1.32 bits per heavy atom. The van der Waals surface area contributed by atoms with E-state index in [2.05, 4.69) is 9.89 Å². The lowest BCUT2D eigenvalue weighted by molar-refractivity contribution is 0.183. The highest BCUT2D eigenvalue weighted by Gasteiger charge is 2.12. The van der Waals surface area contributed by atoms with Crippen molar-refractivity contribution in [2.75, 3.05) is 39.0 Å². The van der Waals surface area contributed by atoms with E-state index in [1.807, 2.05) is 18.2 Å². The number of nitrogen functional groups attached to an aromatic ring is 1. The largest absolute Gasteiger partial charge is 0.492 e. The van der Waals surface area contributed by atoms with E-state index in [0.717, 1.165) is 23.6 Å². The minimum Gasteiger partial charge on any atom is -0.492 e. The molecule has 4 N–H and O–H groups in total.